The third kappa shape index (κ3) is 4.52. The molecule has 2 N–H and O–H groups in total. The first-order chi connectivity index (χ1) is 8.04. The van der Waals surface area contributed by atoms with Gasteiger partial charge >= 0.3 is 0 Å². The molecule has 1 rings (SSSR count). The molecular weight excluding hydrogens is 212 g/mol. The number of aliphatic hydroxyl groups excluding tert-OH is 1. The molecule has 0 saturated carbocycles. The van der Waals surface area contributed by atoms with E-state index < -0.39 is 0 Å². The Balaban J connectivity index is 2.64. The van der Waals surface area contributed by atoms with Crippen molar-refractivity contribution in [3.63, 3.8) is 0 Å². The number of nitrogens with one attached hydrogen (secondary N) is 1. The second kappa shape index (κ2) is 6.82. The van der Waals surface area contributed by atoms with Crippen molar-refractivity contribution in [2.45, 2.75) is 52.8 Å². The number of aliphatic hydroxyl groups is 1. The van der Waals surface area contributed by atoms with Gasteiger partial charge in [0.2, 0.25) is 0 Å². The van der Waals surface area contributed by atoms with Crippen molar-refractivity contribution in [3.05, 3.63) is 24.0 Å². The molecule has 0 aliphatic rings. The molecule has 1 aromatic rings. The fourth-order valence-electron chi connectivity index (χ4n) is 2.08. The molecule has 1 heterocycles. The Morgan fingerprint density at radius 2 is 2.06 bits per heavy atom. The van der Waals surface area contributed by atoms with E-state index in [0.717, 1.165) is 19.5 Å². The van der Waals surface area contributed by atoms with Gasteiger partial charge in [-0.25, -0.2) is 0 Å². The predicted octanol–water partition coefficient (Wildman–Crippen LogP) is 2.57. The molecule has 0 amide bonds. The molecule has 0 bridgehead atoms. The van der Waals surface area contributed by atoms with Gasteiger partial charge in [-0.2, -0.15) is 0 Å². The molecule has 0 radical (unpaired) electrons. The highest BCUT2D eigenvalue weighted by Crippen LogP contribution is 2.21. The normalized spacial score (nSPS) is 15.2. The van der Waals surface area contributed by atoms with Crippen LogP contribution in [0.2, 0.25) is 0 Å². The van der Waals surface area contributed by atoms with Crippen molar-refractivity contribution >= 4 is 0 Å². The van der Waals surface area contributed by atoms with E-state index >= 15 is 0 Å². The van der Waals surface area contributed by atoms with Gasteiger partial charge in [-0.05, 0) is 37.4 Å². The third-order valence-electron chi connectivity index (χ3n) is 3.03. The lowest BCUT2D eigenvalue weighted by Gasteiger charge is -2.20. The molecule has 2 unspecified atom stereocenters. The average Bonchev–Trinajstić information content (AvgIpc) is 2.71. The van der Waals surface area contributed by atoms with E-state index in [1.165, 1.54) is 5.56 Å². The molecular formula is C14H26N2O. The maximum atomic E-state index is 9.28. The van der Waals surface area contributed by atoms with Crippen LogP contribution in [0.5, 0.6) is 0 Å². The Bertz CT molecular complexity index is 318. The van der Waals surface area contributed by atoms with Gasteiger partial charge in [0.05, 0.1) is 6.10 Å². The first-order valence-corrected chi connectivity index (χ1v) is 6.61. The van der Waals surface area contributed by atoms with Gasteiger partial charge in [-0.3, -0.25) is 0 Å². The van der Waals surface area contributed by atoms with Crippen molar-refractivity contribution in [1.29, 1.82) is 0 Å². The molecule has 98 valence electrons. The van der Waals surface area contributed by atoms with Crippen LogP contribution >= 0.6 is 0 Å². The zero-order chi connectivity index (χ0) is 12.8. The standard InChI is InChI=1S/C14H26N2O/c1-5-15-14(11(2)3)13-7-9-16(10-13)8-6-12(4)17/h7,9-12,14-15,17H,5-6,8H2,1-4H3. The molecule has 17 heavy (non-hydrogen) atoms. The van der Waals surface area contributed by atoms with Crippen LogP contribution in [0.3, 0.4) is 0 Å². The number of nitrogens with zero attached hydrogens (tertiary/aromatic N) is 1. The van der Waals surface area contributed by atoms with E-state index in [1.54, 1.807) is 0 Å². The van der Waals surface area contributed by atoms with Crippen LogP contribution in [-0.2, 0) is 6.54 Å². The zero-order valence-electron chi connectivity index (χ0n) is 11.5. The summed E-state index contributed by atoms with van der Waals surface area (Å²) in [6.07, 6.45) is 4.87. The first kappa shape index (κ1) is 14.3. The lowest BCUT2D eigenvalue weighted by atomic mass is 9.98. The van der Waals surface area contributed by atoms with Crippen molar-refractivity contribution in [2.75, 3.05) is 6.54 Å². The molecule has 3 nitrogen and oxygen atoms in total. The Kier molecular flexibility index (Phi) is 5.72. The number of hydrogen-bond donors (Lipinski definition) is 2. The summed E-state index contributed by atoms with van der Waals surface area (Å²) in [5.74, 6) is 0.586. The number of aryl methyl sites for hydroxylation is 1. The minimum absolute atomic E-state index is 0.226. The van der Waals surface area contributed by atoms with E-state index in [0.29, 0.717) is 12.0 Å². The molecule has 0 fully saturated rings. The van der Waals surface area contributed by atoms with E-state index in [9.17, 15) is 5.11 Å². The summed E-state index contributed by atoms with van der Waals surface area (Å²) in [6.45, 7) is 10.3. The maximum Gasteiger partial charge on any atom is 0.0529 e. The van der Waals surface area contributed by atoms with Crippen molar-refractivity contribution in [2.24, 2.45) is 5.92 Å². The van der Waals surface area contributed by atoms with E-state index in [2.05, 4.69) is 49.1 Å². The summed E-state index contributed by atoms with van der Waals surface area (Å²) in [4.78, 5) is 0. The average molecular weight is 238 g/mol. The summed E-state index contributed by atoms with van der Waals surface area (Å²) >= 11 is 0. The number of rotatable bonds is 7. The summed E-state index contributed by atoms with van der Waals surface area (Å²) in [5, 5.41) is 12.8. The second-order valence-electron chi connectivity index (χ2n) is 5.10. The van der Waals surface area contributed by atoms with E-state index in [-0.39, 0.29) is 6.10 Å². The largest absolute Gasteiger partial charge is 0.393 e. The quantitative estimate of drug-likeness (QED) is 0.766. The third-order valence-corrected chi connectivity index (χ3v) is 3.03. The number of hydrogen-bond acceptors (Lipinski definition) is 2. The summed E-state index contributed by atoms with van der Waals surface area (Å²) in [5.41, 5.74) is 1.34. The maximum absolute atomic E-state index is 9.28. The van der Waals surface area contributed by atoms with Gasteiger partial charge in [0, 0.05) is 25.0 Å². The molecule has 0 aromatic carbocycles. The highest BCUT2D eigenvalue weighted by Gasteiger charge is 2.15. The number of aromatic nitrogens is 1. The van der Waals surface area contributed by atoms with Crippen LogP contribution in [0.1, 0.15) is 45.7 Å². The monoisotopic (exact) mass is 238 g/mol. The van der Waals surface area contributed by atoms with Gasteiger partial charge in [-0.15, -0.1) is 0 Å². The Morgan fingerprint density at radius 3 is 2.59 bits per heavy atom. The summed E-state index contributed by atoms with van der Waals surface area (Å²) in [6, 6.07) is 2.60. The van der Waals surface area contributed by atoms with Crippen molar-refractivity contribution in [3.8, 4) is 0 Å². The molecule has 0 spiro atoms. The lowest BCUT2D eigenvalue weighted by Crippen LogP contribution is -2.25. The highest BCUT2D eigenvalue weighted by molar-refractivity contribution is 5.16. The summed E-state index contributed by atoms with van der Waals surface area (Å²) < 4.78 is 2.16. The molecule has 0 aliphatic carbocycles. The molecule has 0 aliphatic heterocycles. The van der Waals surface area contributed by atoms with Gasteiger partial charge < -0.3 is 15.0 Å². The van der Waals surface area contributed by atoms with Gasteiger partial charge in [-0.1, -0.05) is 20.8 Å². The first-order valence-electron chi connectivity index (χ1n) is 6.61. The fourth-order valence-corrected chi connectivity index (χ4v) is 2.08. The van der Waals surface area contributed by atoms with Crippen LogP contribution in [0, 0.1) is 5.92 Å². The van der Waals surface area contributed by atoms with Crippen LogP contribution in [0.25, 0.3) is 0 Å². The van der Waals surface area contributed by atoms with Crippen LogP contribution < -0.4 is 5.32 Å². The smallest absolute Gasteiger partial charge is 0.0529 e. The second-order valence-corrected chi connectivity index (χ2v) is 5.10. The van der Waals surface area contributed by atoms with Gasteiger partial charge in [0.15, 0.2) is 0 Å². The highest BCUT2D eigenvalue weighted by atomic mass is 16.3. The Labute approximate surface area is 105 Å². The van der Waals surface area contributed by atoms with Gasteiger partial charge in [0.1, 0.15) is 0 Å². The summed E-state index contributed by atoms with van der Waals surface area (Å²) in [7, 11) is 0. The minimum atomic E-state index is -0.226. The van der Waals surface area contributed by atoms with E-state index in [1.807, 2.05) is 6.92 Å². The van der Waals surface area contributed by atoms with Crippen LogP contribution in [-0.4, -0.2) is 22.3 Å². The molecule has 3 heteroatoms. The van der Waals surface area contributed by atoms with Crippen molar-refractivity contribution in [1.82, 2.24) is 9.88 Å². The van der Waals surface area contributed by atoms with Crippen LogP contribution in [0.4, 0.5) is 0 Å². The SMILES string of the molecule is CCNC(c1ccn(CCC(C)O)c1)C(C)C. The van der Waals surface area contributed by atoms with Gasteiger partial charge in [0.25, 0.3) is 0 Å². The van der Waals surface area contributed by atoms with Crippen molar-refractivity contribution < 1.29 is 5.11 Å². The Morgan fingerprint density at radius 1 is 1.35 bits per heavy atom. The molecule has 2 atom stereocenters. The lowest BCUT2D eigenvalue weighted by molar-refractivity contribution is 0.178. The molecule has 0 saturated heterocycles. The van der Waals surface area contributed by atoms with E-state index in [4.69, 9.17) is 0 Å². The fraction of sp³-hybridized carbons (Fsp3) is 0.714. The van der Waals surface area contributed by atoms with Crippen LogP contribution in [0.15, 0.2) is 18.5 Å². The minimum Gasteiger partial charge on any atom is -0.393 e. The predicted molar refractivity (Wildman–Crippen MR) is 72.0 cm³/mol. The topological polar surface area (TPSA) is 37.2 Å². The molecule has 1 aromatic heterocycles. The zero-order valence-corrected chi connectivity index (χ0v) is 11.5. The Hall–Kier alpha value is -0.800.